The van der Waals surface area contributed by atoms with Crippen LogP contribution in [0.15, 0.2) is 72.3 Å². The number of hydrogen-bond acceptors (Lipinski definition) is 5. The molecule has 1 saturated heterocycles. The number of piperazine rings is 1. The molecule has 2 aromatic rings. The lowest BCUT2D eigenvalue weighted by Gasteiger charge is -2.71. The topological polar surface area (TPSA) is 88.2 Å². The number of benzene rings is 2. The first-order valence-electron chi connectivity index (χ1n) is 24.1. The largest absolute Gasteiger partial charge is 0.497 e. The Labute approximate surface area is 378 Å². The fourth-order valence-corrected chi connectivity index (χ4v) is 14.6. The zero-order valence-electron chi connectivity index (χ0n) is 39.9. The van der Waals surface area contributed by atoms with Crippen LogP contribution in [0.1, 0.15) is 130 Å². The van der Waals surface area contributed by atoms with Gasteiger partial charge in [0.2, 0.25) is 17.7 Å². The van der Waals surface area contributed by atoms with Crippen molar-refractivity contribution in [3.05, 3.63) is 83.5 Å². The smallest absolute Gasteiger partial charge is 0.246 e. The van der Waals surface area contributed by atoms with Crippen molar-refractivity contribution in [3.8, 4) is 11.5 Å². The van der Waals surface area contributed by atoms with E-state index in [4.69, 9.17) is 9.47 Å². The number of methoxy groups -OCH3 is 2. The van der Waals surface area contributed by atoms with Crippen LogP contribution in [0, 0.1) is 50.2 Å². The van der Waals surface area contributed by atoms with Crippen molar-refractivity contribution in [1.29, 1.82) is 0 Å². The third-order valence-corrected chi connectivity index (χ3v) is 18.7. The molecular formula is C55H75N3O5. The molecule has 8 nitrogen and oxygen atoms in total. The molecule has 3 amide bonds. The van der Waals surface area contributed by atoms with Crippen molar-refractivity contribution in [2.24, 2.45) is 50.2 Å². The molecule has 0 spiro atoms. The molecule has 8 rings (SSSR count). The maximum Gasteiger partial charge on any atom is 0.246 e. The third kappa shape index (κ3) is 8.20. The van der Waals surface area contributed by atoms with Crippen LogP contribution in [0.3, 0.4) is 0 Å². The number of ether oxygens (including phenoxy) is 2. The van der Waals surface area contributed by atoms with Crippen molar-refractivity contribution >= 4 is 29.9 Å². The number of carbonyl (C=O) groups excluding carboxylic acids is 3. The van der Waals surface area contributed by atoms with Gasteiger partial charge in [0.1, 0.15) is 11.5 Å². The van der Waals surface area contributed by atoms with Gasteiger partial charge in [0.25, 0.3) is 0 Å². The Morgan fingerprint density at radius 3 is 1.90 bits per heavy atom. The van der Waals surface area contributed by atoms with E-state index in [0.717, 1.165) is 74.0 Å². The fraction of sp³-hybridized carbons (Fsp3) is 0.618. The lowest BCUT2D eigenvalue weighted by atomic mass is 9.33. The molecule has 1 N–H and O–H groups in total. The van der Waals surface area contributed by atoms with Crippen molar-refractivity contribution in [1.82, 2.24) is 15.1 Å². The van der Waals surface area contributed by atoms with Crippen LogP contribution < -0.4 is 14.8 Å². The Hall–Kier alpha value is -4.33. The Kier molecular flexibility index (Phi) is 12.1. The summed E-state index contributed by atoms with van der Waals surface area (Å²) in [6.45, 7) is 20.0. The van der Waals surface area contributed by atoms with Crippen LogP contribution in [-0.2, 0) is 14.4 Å². The Morgan fingerprint density at radius 2 is 1.29 bits per heavy atom. The molecule has 6 aliphatic rings. The van der Waals surface area contributed by atoms with Gasteiger partial charge in [-0.05, 0) is 162 Å². The highest BCUT2D eigenvalue weighted by atomic mass is 16.5. The van der Waals surface area contributed by atoms with Crippen LogP contribution in [-0.4, -0.2) is 74.0 Å². The Morgan fingerprint density at radius 1 is 0.698 bits per heavy atom. The standard InChI is InChI=1S/C55H75N3O5/c1-50(2)28-30-55(37-49(61)58-34-32-57(33-35-58)48(60)23-15-39-12-18-41(63-9)19-13-39)31-29-53(6)42(43(55)36-50)20-21-45-52(5)26-25-46(51(3,4)44(52)24-27-54(45,53)7)56-47(59)22-14-38-10-16-40(62-8)17-11-38/h10-20,22-23,43-46H,21,24-37H2,1-9H3,(H,56,59)/b22-14+,23-15+/t43-,44-,45+,46?,52-,53+,54+,55+/m0/s1. The molecule has 0 aromatic heterocycles. The van der Waals surface area contributed by atoms with Crippen LogP contribution in [0.25, 0.3) is 12.2 Å². The Bertz CT molecular complexity index is 2130. The molecule has 63 heavy (non-hydrogen) atoms. The van der Waals surface area contributed by atoms with Crippen LogP contribution in [0.2, 0.25) is 0 Å². The van der Waals surface area contributed by atoms with Crippen molar-refractivity contribution in [3.63, 3.8) is 0 Å². The van der Waals surface area contributed by atoms with E-state index >= 15 is 0 Å². The summed E-state index contributed by atoms with van der Waals surface area (Å²) in [7, 11) is 3.31. The van der Waals surface area contributed by atoms with E-state index in [-0.39, 0.29) is 56.3 Å². The number of nitrogens with one attached hydrogen (secondary N) is 1. The maximum atomic E-state index is 14.5. The first-order valence-corrected chi connectivity index (χ1v) is 24.1. The minimum atomic E-state index is -0.0367. The average molecular weight is 858 g/mol. The van der Waals surface area contributed by atoms with Crippen molar-refractivity contribution in [2.45, 2.75) is 125 Å². The second kappa shape index (κ2) is 16.9. The highest BCUT2D eigenvalue weighted by Crippen LogP contribution is 2.76. The van der Waals surface area contributed by atoms with E-state index in [9.17, 15) is 14.4 Å². The predicted octanol–water partition coefficient (Wildman–Crippen LogP) is 10.8. The molecule has 8 atom stereocenters. The summed E-state index contributed by atoms with van der Waals surface area (Å²) in [6.07, 6.45) is 21.7. The van der Waals surface area contributed by atoms with E-state index < -0.39 is 0 Å². The number of rotatable bonds is 9. The SMILES string of the molecule is COc1ccc(/C=C/C(=O)NC2CC[C@]3(C)[C@H]4CC=C5[C@@H]6CC(C)(C)CC[C@]6(CC(=O)N6CCN(C(=O)/C=C/c7ccc(OC)cc7)CC6)CC[C@@]5(C)[C@]4(C)CC[C@H]3C2(C)C)cc1. The number of amides is 3. The number of fused-ring (bicyclic) bond motifs is 7. The molecule has 8 heteroatoms. The summed E-state index contributed by atoms with van der Waals surface area (Å²) < 4.78 is 10.6. The fourth-order valence-electron chi connectivity index (χ4n) is 14.6. The summed E-state index contributed by atoms with van der Waals surface area (Å²) >= 11 is 0. The van der Waals surface area contributed by atoms with Gasteiger partial charge in [-0.1, -0.05) is 84.4 Å². The Balaban J connectivity index is 0.953. The summed E-state index contributed by atoms with van der Waals surface area (Å²) in [5.41, 5.74) is 4.22. The third-order valence-electron chi connectivity index (χ3n) is 18.7. The summed E-state index contributed by atoms with van der Waals surface area (Å²) in [5.74, 6) is 3.34. The zero-order chi connectivity index (χ0) is 45.0. The van der Waals surface area contributed by atoms with Crippen molar-refractivity contribution < 1.29 is 23.9 Å². The van der Waals surface area contributed by atoms with Gasteiger partial charge in [0, 0.05) is 50.8 Å². The molecule has 0 bridgehead atoms. The second-order valence-corrected chi connectivity index (χ2v) is 22.6. The van der Waals surface area contributed by atoms with E-state index in [1.165, 1.54) is 12.8 Å². The van der Waals surface area contributed by atoms with Gasteiger partial charge in [-0.15, -0.1) is 0 Å². The number of hydrogen-bond donors (Lipinski definition) is 1. The lowest BCUT2D eigenvalue weighted by Crippen LogP contribution is -2.66. The molecule has 340 valence electrons. The summed E-state index contributed by atoms with van der Waals surface area (Å²) in [6, 6.07) is 15.6. The summed E-state index contributed by atoms with van der Waals surface area (Å²) in [5, 5.41) is 3.47. The molecular weight excluding hydrogens is 783 g/mol. The van der Waals surface area contributed by atoms with Crippen LogP contribution >= 0.6 is 0 Å². The molecule has 5 aliphatic carbocycles. The molecule has 1 unspecified atom stereocenters. The predicted molar refractivity (Wildman–Crippen MR) is 253 cm³/mol. The van der Waals surface area contributed by atoms with Crippen LogP contribution in [0.5, 0.6) is 11.5 Å². The normalized spacial score (nSPS) is 34.5. The van der Waals surface area contributed by atoms with E-state index in [1.807, 2.05) is 65.6 Å². The highest BCUT2D eigenvalue weighted by Gasteiger charge is 2.68. The van der Waals surface area contributed by atoms with Gasteiger partial charge in [-0.2, -0.15) is 0 Å². The second-order valence-electron chi connectivity index (χ2n) is 22.6. The molecule has 2 aromatic carbocycles. The monoisotopic (exact) mass is 858 g/mol. The van der Waals surface area contributed by atoms with Crippen molar-refractivity contribution in [2.75, 3.05) is 40.4 Å². The first-order chi connectivity index (χ1) is 29.9. The number of allylic oxidation sites excluding steroid dienone is 2. The van der Waals surface area contributed by atoms with E-state index in [2.05, 4.69) is 64.8 Å². The molecule has 1 heterocycles. The number of carbonyl (C=O) groups is 3. The molecule has 1 aliphatic heterocycles. The van der Waals surface area contributed by atoms with Gasteiger partial charge in [-0.3, -0.25) is 14.4 Å². The average Bonchev–Trinajstić information content (AvgIpc) is 3.26. The molecule has 5 fully saturated rings. The minimum Gasteiger partial charge on any atom is -0.497 e. The highest BCUT2D eigenvalue weighted by molar-refractivity contribution is 5.92. The van der Waals surface area contributed by atoms with Gasteiger partial charge in [-0.25, -0.2) is 0 Å². The van der Waals surface area contributed by atoms with Gasteiger partial charge >= 0.3 is 0 Å². The quantitative estimate of drug-likeness (QED) is 0.200. The molecule has 4 saturated carbocycles. The van der Waals surface area contributed by atoms with Gasteiger partial charge in [0.05, 0.1) is 14.2 Å². The van der Waals surface area contributed by atoms with Crippen LogP contribution in [0.4, 0.5) is 0 Å². The first kappa shape index (κ1) is 45.2. The van der Waals surface area contributed by atoms with Gasteiger partial charge < -0.3 is 24.6 Å². The summed E-state index contributed by atoms with van der Waals surface area (Å²) in [4.78, 5) is 45.0. The van der Waals surface area contributed by atoms with E-state index in [0.29, 0.717) is 50.4 Å². The maximum absolute atomic E-state index is 14.5. The molecule has 0 radical (unpaired) electrons. The number of nitrogens with zero attached hydrogens (tertiary/aromatic N) is 2. The van der Waals surface area contributed by atoms with E-state index in [1.54, 1.807) is 31.9 Å². The van der Waals surface area contributed by atoms with Gasteiger partial charge in [0.15, 0.2) is 0 Å². The lowest BCUT2D eigenvalue weighted by molar-refractivity contribution is -0.187. The zero-order valence-corrected chi connectivity index (χ0v) is 39.9. The minimum absolute atomic E-state index is 0.00550.